The van der Waals surface area contributed by atoms with Crippen LogP contribution >= 0.6 is 0 Å². The molecule has 0 bridgehead atoms. The van der Waals surface area contributed by atoms with Gasteiger partial charge in [0.15, 0.2) is 0 Å². The Morgan fingerprint density at radius 3 is 2.62 bits per heavy atom. The molecule has 1 saturated carbocycles. The van der Waals surface area contributed by atoms with Gasteiger partial charge >= 0.3 is 0 Å². The van der Waals surface area contributed by atoms with Crippen LogP contribution in [0.2, 0.25) is 0 Å². The van der Waals surface area contributed by atoms with Crippen LogP contribution < -0.4 is 0 Å². The number of allylic oxidation sites excluding steroid dienone is 1. The van der Waals surface area contributed by atoms with E-state index in [2.05, 4.69) is 33.8 Å². The van der Waals surface area contributed by atoms with Gasteiger partial charge in [-0.2, -0.15) is 0 Å². The smallest absolute Gasteiger partial charge is 0.101 e. The fourth-order valence-corrected chi connectivity index (χ4v) is 4.30. The molecule has 0 aromatic heterocycles. The number of aliphatic hydroxyl groups excluding tert-OH is 1. The largest absolute Gasteiger partial charge is 0.390 e. The van der Waals surface area contributed by atoms with E-state index in [4.69, 9.17) is 14.2 Å². The molecule has 2 heterocycles. The average Bonchev–Trinajstić information content (AvgIpc) is 3.31. The third-order valence-electron chi connectivity index (χ3n) is 5.61. The maximum Gasteiger partial charge on any atom is 0.101 e. The van der Waals surface area contributed by atoms with Crippen molar-refractivity contribution >= 4 is 0 Å². The van der Waals surface area contributed by atoms with E-state index in [1.54, 1.807) is 7.11 Å². The predicted octanol–water partition coefficient (Wildman–Crippen LogP) is 2.30. The van der Waals surface area contributed by atoms with Gasteiger partial charge in [0.2, 0.25) is 0 Å². The van der Waals surface area contributed by atoms with Crippen LogP contribution in [0.4, 0.5) is 0 Å². The van der Waals surface area contributed by atoms with E-state index in [1.165, 1.54) is 5.57 Å². The molecule has 0 aromatic rings. The highest BCUT2D eigenvalue weighted by molar-refractivity contribution is 5.21. The molecule has 21 heavy (non-hydrogen) atoms. The average molecular weight is 296 g/mol. The molecule has 120 valence electrons. The van der Waals surface area contributed by atoms with Gasteiger partial charge in [-0.05, 0) is 39.5 Å². The minimum atomic E-state index is -0.444. The Balaban J connectivity index is 1.81. The van der Waals surface area contributed by atoms with Crippen molar-refractivity contribution in [3.05, 3.63) is 11.6 Å². The SMILES string of the molecule is CO[C@@H]1[C@H](O)[C@@H](C)C[C@]2(CO2)[C@H]1[C@@]1(C)O[C@@H]1CC=C(C)C. The van der Waals surface area contributed by atoms with E-state index in [-0.39, 0.29) is 35.2 Å². The first kappa shape index (κ1) is 15.5. The number of rotatable bonds is 4. The Morgan fingerprint density at radius 1 is 1.43 bits per heavy atom. The van der Waals surface area contributed by atoms with E-state index in [9.17, 15) is 5.11 Å². The quantitative estimate of drug-likeness (QED) is 0.639. The number of epoxide rings is 2. The van der Waals surface area contributed by atoms with Crippen molar-refractivity contribution in [1.29, 1.82) is 0 Å². The van der Waals surface area contributed by atoms with Gasteiger partial charge in [-0.1, -0.05) is 18.6 Å². The number of ether oxygens (including phenoxy) is 3. The molecule has 0 unspecified atom stereocenters. The summed E-state index contributed by atoms with van der Waals surface area (Å²) >= 11 is 0. The lowest BCUT2D eigenvalue weighted by molar-refractivity contribution is -0.137. The first-order chi connectivity index (χ1) is 9.84. The molecule has 4 nitrogen and oxygen atoms in total. The Hall–Kier alpha value is -0.420. The maximum atomic E-state index is 10.5. The van der Waals surface area contributed by atoms with Crippen molar-refractivity contribution in [2.24, 2.45) is 11.8 Å². The Labute approximate surface area is 127 Å². The zero-order valence-corrected chi connectivity index (χ0v) is 13.8. The highest BCUT2D eigenvalue weighted by atomic mass is 16.6. The Morgan fingerprint density at radius 2 is 2.10 bits per heavy atom. The maximum absolute atomic E-state index is 10.5. The zero-order valence-electron chi connectivity index (χ0n) is 13.8. The monoisotopic (exact) mass is 296 g/mol. The predicted molar refractivity (Wildman–Crippen MR) is 80.1 cm³/mol. The third kappa shape index (κ3) is 2.46. The fraction of sp³-hybridized carbons (Fsp3) is 0.882. The van der Waals surface area contributed by atoms with Crippen LogP contribution in [0, 0.1) is 11.8 Å². The summed E-state index contributed by atoms with van der Waals surface area (Å²) in [6.45, 7) is 9.21. The second kappa shape index (κ2) is 5.05. The summed E-state index contributed by atoms with van der Waals surface area (Å²) in [7, 11) is 1.69. The molecule has 0 radical (unpaired) electrons. The standard InChI is InChI=1S/C17H28O4/c1-10(2)6-7-12-16(4,21-12)15-14(19-5)13(18)11(3)8-17(15)9-20-17/h6,11-15,18H,7-9H2,1-5H3/t11-,12+,13+,14+,15+,16-,17-/m0/s1. The number of methoxy groups -OCH3 is 1. The summed E-state index contributed by atoms with van der Waals surface area (Å²) in [5, 5.41) is 10.5. The van der Waals surface area contributed by atoms with Crippen LogP contribution in [0.1, 0.15) is 40.5 Å². The van der Waals surface area contributed by atoms with Crippen LogP contribution in [0.5, 0.6) is 0 Å². The Kier molecular flexibility index (Phi) is 3.72. The van der Waals surface area contributed by atoms with Crippen molar-refractivity contribution in [3.8, 4) is 0 Å². The summed E-state index contributed by atoms with van der Waals surface area (Å²) in [6.07, 6.45) is 3.59. The fourth-order valence-electron chi connectivity index (χ4n) is 4.30. The molecule has 1 aliphatic carbocycles. The molecular weight excluding hydrogens is 268 g/mol. The van der Waals surface area contributed by atoms with Crippen molar-refractivity contribution in [2.45, 2.75) is 70.1 Å². The molecule has 2 aliphatic heterocycles. The van der Waals surface area contributed by atoms with E-state index < -0.39 is 6.10 Å². The summed E-state index contributed by atoms with van der Waals surface area (Å²) in [6, 6.07) is 0. The lowest BCUT2D eigenvalue weighted by Gasteiger charge is -2.44. The normalized spacial score (nSPS) is 51.8. The van der Waals surface area contributed by atoms with Crippen molar-refractivity contribution in [1.82, 2.24) is 0 Å². The summed E-state index contributed by atoms with van der Waals surface area (Å²) in [5.41, 5.74) is 0.920. The van der Waals surface area contributed by atoms with Gasteiger partial charge in [0.1, 0.15) is 11.2 Å². The molecular formula is C17H28O4. The molecule has 7 atom stereocenters. The number of hydrogen-bond donors (Lipinski definition) is 1. The molecule has 3 aliphatic rings. The highest BCUT2D eigenvalue weighted by Crippen LogP contribution is 2.60. The van der Waals surface area contributed by atoms with E-state index in [1.807, 2.05) is 0 Å². The molecule has 1 spiro atoms. The molecule has 3 fully saturated rings. The van der Waals surface area contributed by atoms with Gasteiger partial charge in [0.25, 0.3) is 0 Å². The molecule has 0 amide bonds. The highest BCUT2D eigenvalue weighted by Gasteiger charge is 2.72. The first-order valence-electron chi connectivity index (χ1n) is 8.00. The second-order valence-corrected chi connectivity index (χ2v) is 7.51. The van der Waals surface area contributed by atoms with Crippen molar-refractivity contribution in [3.63, 3.8) is 0 Å². The van der Waals surface area contributed by atoms with Gasteiger partial charge in [-0.25, -0.2) is 0 Å². The van der Waals surface area contributed by atoms with Crippen LogP contribution in [0.15, 0.2) is 11.6 Å². The molecule has 1 N–H and O–H groups in total. The molecule has 2 saturated heterocycles. The van der Waals surface area contributed by atoms with Crippen LogP contribution in [-0.4, -0.2) is 48.3 Å². The minimum absolute atomic E-state index is 0.108. The first-order valence-corrected chi connectivity index (χ1v) is 8.00. The lowest BCUT2D eigenvalue weighted by atomic mass is 9.65. The van der Waals surface area contributed by atoms with E-state index in [0.29, 0.717) is 0 Å². The lowest BCUT2D eigenvalue weighted by Crippen LogP contribution is -2.57. The zero-order chi connectivity index (χ0) is 15.4. The third-order valence-corrected chi connectivity index (χ3v) is 5.61. The number of aliphatic hydroxyl groups is 1. The molecule has 4 heteroatoms. The van der Waals surface area contributed by atoms with Gasteiger partial charge in [-0.15, -0.1) is 0 Å². The van der Waals surface area contributed by atoms with Crippen LogP contribution in [-0.2, 0) is 14.2 Å². The summed E-state index contributed by atoms with van der Waals surface area (Å²) in [4.78, 5) is 0. The molecule has 0 aromatic carbocycles. The van der Waals surface area contributed by atoms with E-state index in [0.717, 1.165) is 19.4 Å². The van der Waals surface area contributed by atoms with Gasteiger partial charge in [0.05, 0.1) is 30.8 Å². The number of hydrogen-bond acceptors (Lipinski definition) is 4. The second-order valence-electron chi connectivity index (χ2n) is 7.51. The Bertz CT molecular complexity index is 438. The van der Waals surface area contributed by atoms with Crippen molar-refractivity contribution < 1.29 is 19.3 Å². The van der Waals surface area contributed by atoms with Crippen LogP contribution in [0.25, 0.3) is 0 Å². The van der Waals surface area contributed by atoms with Gasteiger partial charge < -0.3 is 19.3 Å². The summed E-state index contributed by atoms with van der Waals surface area (Å²) < 4.78 is 17.6. The topological polar surface area (TPSA) is 54.5 Å². The van der Waals surface area contributed by atoms with Gasteiger partial charge in [0, 0.05) is 7.11 Å². The van der Waals surface area contributed by atoms with Gasteiger partial charge in [-0.3, -0.25) is 0 Å². The van der Waals surface area contributed by atoms with Crippen LogP contribution in [0.3, 0.4) is 0 Å². The van der Waals surface area contributed by atoms with E-state index >= 15 is 0 Å². The molecule has 3 rings (SSSR count). The summed E-state index contributed by atoms with van der Waals surface area (Å²) in [5.74, 6) is 0.309. The van der Waals surface area contributed by atoms with Crippen molar-refractivity contribution in [2.75, 3.05) is 13.7 Å². The minimum Gasteiger partial charge on any atom is -0.390 e.